The maximum Gasteiger partial charge on any atom is 0.248 e. The molecule has 3 rings (SSSR count). The fourth-order valence-electron chi connectivity index (χ4n) is 4.37. The van der Waals surface area contributed by atoms with Crippen molar-refractivity contribution in [3.05, 3.63) is 0 Å². The molecule has 118 valence electrons. The number of carbonyl (C=O) groups is 2. The number of hydrogen-bond acceptors (Lipinski definition) is 2. The fourth-order valence-corrected chi connectivity index (χ4v) is 4.37. The van der Waals surface area contributed by atoms with Gasteiger partial charge < -0.3 is 10.2 Å². The van der Waals surface area contributed by atoms with Gasteiger partial charge in [-0.1, -0.05) is 32.6 Å². The third kappa shape index (κ3) is 2.69. The largest absolute Gasteiger partial charge is 0.342 e. The van der Waals surface area contributed by atoms with E-state index in [1.165, 1.54) is 25.7 Å². The standard InChI is InChI=1S/C17H28N2O2/c1-2-16(8-6-9-16)13-19-12-7-14(20)18-17(15(19)21)10-4-3-5-11-17/h2-13H2,1H3,(H,18,20). The van der Waals surface area contributed by atoms with Crippen molar-refractivity contribution >= 4 is 11.8 Å². The van der Waals surface area contributed by atoms with Crippen LogP contribution in [0.25, 0.3) is 0 Å². The van der Waals surface area contributed by atoms with Gasteiger partial charge in [0.15, 0.2) is 0 Å². The Balaban J connectivity index is 1.79. The van der Waals surface area contributed by atoms with Crippen molar-refractivity contribution in [3.63, 3.8) is 0 Å². The smallest absolute Gasteiger partial charge is 0.248 e. The minimum atomic E-state index is -0.579. The quantitative estimate of drug-likeness (QED) is 0.869. The molecule has 0 unspecified atom stereocenters. The van der Waals surface area contributed by atoms with Crippen molar-refractivity contribution in [2.45, 2.75) is 76.7 Å². The Labute approximate surface area is 127 Å². The van der Waals surface area contributed by atoms with E-state index in [1.54, 1.807) is 0 Å². The topological polar surface area (TPSA) is 49.4 Å². The van der Waals surface area contributed by atoms with Crippen LogP contribution in [0.15, 0.2) is 0 Å². The van der Waals surface area contributed by atoms with Gasteiger partial charge in [-0.15, -0.1) is 0 Å². The number of rotatable bonds is 3. The molecule has 0 atom stereocenters. The van der Waals surface area contributed by atoms with E-state index in [2.05, 4.69) is 12.2 Å². The molecule has 1 heterocycles. The summed E-state index contributed by atoms with van der Waals surface area (Å²) in [7, 11) is 0. The summed E-state index contributed by atoms with van der Waals surface area (Å²) in [4.78, 5) is 27.2. The first-order valence-corrected chi connectivity index (χ1v) is 8.70. The van der Waals surface area contributed by atoms with E-state index < -0.39 is 5.54 Å². The predicted octanol–water partition coefficient (Wildman–Crippen LogP) is 2.62. The third-order valence-electron chi connectivity index (χ3n) is 6.08. The lowest BCUT2D eigenvalue weighted by molar-refractivity contribution is -0.142. The molecule has 1 spiro atoms. The molecule has 4 nitrogen and oxygen atoms in total. The van der Waals surface area contributed by atoms with Gasteiger partial charge in [0, 0.05) is 19.5 Å². The molecular formula is C17H28N2O2. The molecule has 0 aromatic heterocycles. The molecule has 2 saturated carbocycles. The van der Waals surface area contributed by atoms with E-state index in [1.807, 2.05) is 4.90 Å². The van der Waals surface area contributed by atoms with Gasteiger partial charge in [0.2, 0.25) is 11.8 Å². The maximum atomic E-state index is 13.1. The Hall–Kier alpha value is -1.06. The summed E-state index contributed by atoms with van der Waals surface area (Å²) >= 11 is 0. The van der Waals surface area contributed by atoms with Gasteiger partial charge in [-0.25, -0.2) is 0 Å². The van der Waals surface area contributed by atoms with E-state index in [9.17, 15) is 9.59 Å². The SMILES string of the molecule is CCC1(CN2CCC(=O)NC3(CCCCC3)C2=O)CCC1. The Kier molecular flexibility index (Phi) is 3.98. The van der Waals surface area contributed by atoms with E-state index in [-0.39, 0.29) is 11.8 Å². The molecule has 0 aromatic carbocycles. The molecule has 1 N–H and O–H groups in total. The summed E-state index contributed by atoms with van der Waals surface area (Å²) in [5.74, 6) is 0.264. The van der Waals surface area contributed by atoms with Crippen molar-refractivity contribution in [2.75, 3.05) is 13.1 Å². The van der Waals surface area contributed by atoms with Gasteiger partial charge >= 0.3 is 0 Å². The van der Waals surface area contributed by atoms with Crippen LogP contribution in [0.2, 0.25) is 0 Å². The third-order valence-corrected chi connectivity index (χ3v) is 6.08. The average molecular weight is 292 g/mol. The zero-order valence-corrected chi connectivity index (χ0v) is 13.2. The number of nitrogens with zero attached hydrogens (tertiary/aromatic N) is 1. The number of amides is 2. The number of nitrogens with one attached hydrogen (secondary N) is 1. The highest BCUT2D eigenvalue weighted by molar-refractivity contribution is 5.93. The normalized spacial score (nSPS) is 28.0. The first-order valence-electron chi connectivity index (χ1n) is 8.70. The van der Waals surface area contributed by atoms with Crippen molar-refractivity contribution in [3.8, 4) is 0 Å². The minimum Gasteiger partial charge on any atom is -0.342 e. The molecule has 2 amide bonds. The second-order valence-electron chi connectivity index (χ2n) is 7.37. The van der Waals surface area contributed by atoms with Crippen LogP contribution in [-0.4, -0.2) is 35.3 Å². The van der Waals surface area contributed by atoms with E-state index in [0.717, 1.165) is 38.6 Å². The van der Waals surface area contributed by atoms with Crippen LogP contribution in [0, 0.1) is 5.41 Å². The number of hydrogen-bond donors (Lipinski definition) is 1. The minimum absolute atomic E-state index is 0.0620. The summed E-state index contributed by atoms with van der Waals surface area (Å²) in [5.41, 5.74) is -0.247. The molecule has 21 heavy (non-hydrogen) atoms. The van der Waals surface area contributed by atoms with Gasteiger partial charge in [0.25, 0.3) is 0 Å². The predicted molar refractivity (Wildman–Crippen MR) is 81.7 cm³/mol. The van der Waals surface area contributed by atoms with Gasteiger partial charge in [-0.2, -0.15) is 0 Å². The number of carbonyl (C=O) groups excluding carboxylic acids is 2. The van der Waals surface area contributed by atoms with Gasteiger partial charge in [0.1, 0.15) is 5.54 Å². The first kappa shape index (κ1) is 14.9. The summed E-state index contributed by atoms with van der Waals surface area (Å²) < 4.78 is 0. The Bertz CT molecular complexity index is 417. The van der Waals surface area contributed by atoms with E-state index in [4.69, 9.17) is 0 Å². The molecule has 1 saturated heterocycles. The molecule has 0 bridgehead atoms. The van der Waals surface area contributed by atoms with Crippen molar-refractivity contribution in [1.82, 2.24) is 10.2 Å². The maximum absolute atomic E-state index is 13.1. The summed E-state index contributed by atoms with van der Waals surface area (Å²) in [6.07, 6.45) is 10.3. The van der Waals surface area contributed by atoms with Crippen LogP contribution in [0.3, 0.4) is 0 Å². The second kappa shape index (κ2) is 5.62. The fraction of sp³-hybridized carbons (Fsp3) is 0.882. The monoisotopic (exact) mass is 292 g/mol. The summed E-state index contributed by atoms with van der Waals surface area (Å²) in [5, 5.41) is 3.08. The molecule has 3 aliphatic rings. The highest BCUT2D eigenvalue weighted by atomic mass is 16.2. The molecule has 2 aliphatic carbocycles. The van der Waals surface area contributed by atoms with Gasteiger partial charge in [-0.3, -0.25) is 9.59 Å². The zero-order valence-electron chi connectivity index (χ0n) is 13.2. The highest BCUT2D eigenvalue weighted by Gasteiger charge is 2.47. The van der Waals surface area contributed by atoms with Crippen LogP contribution in [0.4, 0.5) is 0 Å². The summed E-state index contributed by atoms with van der Waals surface area (Å²) in [6.45, 7) is 3.70. The molecule has 1 aliphatic heterocycles. The molecule has 0 radical (unpaired) electrons. The Morgan fingerprint density at radius 2 is 1.76 bits per heavy atom. The zero-order chi connectivity index (χ0) is 14.9. The molecule has 3 fully saturated rings. The van der Waals surface area contributed by atoms with Crippen molar-refractivity contribution in [2.24, 2.45) is 5.41 Å². The Morgan fingerprint density at radius 3 is 2.33 bits per heavy atom. The lowest BCUT2D eigenvalue weighted by Crippen LogP contribution is -2.59. The van der Waals surface area contributed by atoms with Crippen LogP contribution < -0.4 is 5.32 Å². The Morgan fingerprint density at radius 1 is 1.05 bits per heavy atom. The lowest BCUT2D eigenvalue weighted by Gasteiger charge is -2.46. The van der Waals surface area contributed by atoms with Crippen molar-refractivity contribution in [1.29, 1.82) is 0 Å². The van der Waals surface area contributed by atoms with Gasteiger partial charge in [0.05, 0.1) is 0 Å². The lowest BCUT2D eigenvalue weighted by atomic mass is 9.66. The first-order chi connectivity index (χ1) is 10.1. The highest BCUT2D eigenvalue weighted by Crippen LogP contribution is 2.45. The molecule has 0 aromatic rings. The van der Waals surface area contributed by atoms with E-state index in [0.29, 0.717) is 18.4 Å². The van der Waals surface area contributed by atoms with Gasteiger partial charge in [-0.05, 0) is 37.5 Å². The van der Waals surface area contributed by atoms with Crippen LogP contribution in [0.5, 0.6) is 0 Å². The average Bonchev–Trinajstić information content (AvgIpc) is 2.55. The molecule has 4 heteroatoms. The van der Waals surface area contributed by atoms with Crippen LogP contribution in [0.1, 0.15) is 71.1 Å². The summed E-state index contributed by atoms with van der Waals surface area (Å²) in [6, 6.07) is 0. The van der Waals surface area contributed by atoms with E-state index >= 15 is 0 Å². The van der Waals surface area contributed by atoms with Crippen LogP contribution in [-0.2, 0) is 9.59 Å². The van der Waals surface area contributed by atoms with Crippen LogP contribution >= 0.6 is 0 Å². The van der Waals surface area contributed by atoms with Crippen molar-refractivity contribution < 1.29 is 9.59 Å². The second-order valence-corrected chi connectivity index (χ2v) is 7.37. The molecular weight excluding hydrogens is 264 g/mol.